The molecule has 0 spiro atoms. The molecule has 2 atom stereocenters. The number of nitrogens with one attached hydrogen (secondary N) is 1. The summed E-state index contributed by atoms with van der Waals surface area (Å²) in [7, 11) is 0. The van der Waals surface area contributed by atoms with E-state index in [-0.39, 0.29) is 0 Å². The number of hydrogen-bond donors (Lipinski definition) is 1. The molecule has 0 bridgehead atoms. The minimum atomic E-state index is 0.292. The van der Waals surface area contributed by atoms with Crippen LogP contribution < -0.4 is 5.32 Å². The fourth-order valence-electron chi connectivity index (χ4n) is 3.91. The molecular weight excluding hydrogens is 396 g/mol. The Morgan fingerprint density at radius 3 is 2.67 bits per heavy atom. The quantitative estimate of drug-likeness (QED) is 0.659. The predicted octanol–water partition coefficient (Wildman–Crippen LogP) is 2.43. The molecule has 4 aliphatic rings. The standard InChI is InChI=1S/C15H20Br2N4/c1-9-11(16)12(17)10-3-2-6-21-14(10)13(9)19-15(21)20-7-4-18-5-8-20/h13-14,18H,2-8H2,1H3. The summed E-state index contributed by atoms with van der Waals surface area (Å²) in [6.45, 7) is 7.61. The third kappa shape index (κ3) is 2.13. The molecule has 2 saturated heterocycles. The number of piperidine rings is 1. The van der Waals surface area contributed by atoms with Crippen LogP contribution in [0.25, 0.3) is 0 Å². The van der Waals surface area contributed by atoms with Gasteiger partial charge in [-0.2, -0.15) is 0 Å². The first-order valence-electron chi connectivity index (χ1n) is 7.74. The number of aliphatic imine (C=N–C) groups is 1. The van der Waals surface area contributed by atoms with Crippen LogP contribution in [0.2, 0.25) is 0 Å². The topological polar surface area (TPSA) is 30.9 Å². The third-order valence-corrected chi connectivity index (χ3v) is 7.47. The van der Waals surface area contributed by atoms with Gasteiger partial charge in [0.25, 0.3) is 0 Å². The highest BCUT2D eigenvalue weighted by atomic mass is 79.9. The van der Waals surface area contributed by atoms with Crippen LogP contribution in [-0.4, -0.2) is 60.6 Å². The SMILES string of the molecule is CC1=C(Br)C(Br)=C2CCCN3C(N4CCNCC4)=NC1C23. The fraction of sp³-hybridized carbons (Fsp3) is 0.667. The highest BCUT2D eigenvalue weighted by molar-refractivity contribution is 9.15. The van der Waals surface area contributed by atoms with Crippen LogP contribution in [0.5, 0.6) is 0 Å². The average molecular weight is 416 g/mol. The molecule has 1 N–H and O–H groups in total. The van der Waals surface area contributed by atoms with Crippen LogP contribution in [0.4, 0.5) is 0 Å². The van der Waals surface area contributed by atoms with Crippen LogP contribution in [0.15, 0.2) is 25.1 Å². The lowest BCUT2D eigenvalue weighted by Gasteiger charge is -2.42. The summed E-state index contributed by atoms with van der Waals surface area (Å²) in [6, 6.07) is 0.736. The van der Waals surface area contributed by atoms with Gasteiger partial charge in [-0.3, -0.25) is 0 Å². The lowest BCUT2D eigenvalue weighted by molar-refractivity contribution is 0.254. The van der Waals surface area contributed by atoms with Gasteiger partial charge in [0, 0.05) is 41.7 Å². The van der Waals surface area contributed by atoms with Crippen molar-refractivity contribution in [1.29, 1.82) is 0 Å². The van der Waals surface area contributed by atoms with Gasteiger partial charge in [0.05, 0.1) is 6.04 Å². The van der Waals surface area contributed by atoms with Gasteiger partial charge in [-0.25, -0.2) is 4.99 Å². The predicted molar refractivity (Wildman–Crippen MR) is 93.0 cm³/mol. The number of halogens is 2. The highest BCUT2D eigenvalue weighted by Gasteiger charge is 2.46. The van der Waals surface area contributed by atoms with Crippen LogP contribution in [0.1, 0.15) is 19.8 Å². The molecule has 1 aliphatic carbocycles. The molecule has 2 fully saturated rings. The van der Waals surface area contributed by atoms with Crippen molar-refractivity contribution in [1.82, 2.24) is 15.1 Å². The van der Waals surface area contributed by atoms with Crippen LogP contribution in [0, 0.1) is 0 Å². The minimum absolute atomic E-state index is 0.292. The molecule has 0 aromatic heterocycles. The molecule has 114 valence electrons. The van der Waals surface area contributed by atoms with Gasteiger partial charge < -0.3 is 15.1 Å². The van der Waals surface area contributed by atoms with Gasteiger partial charge >= 0.3 is 0 Å². The Morgan fingerprint density at radius 2 is 1.90 bits per heavy atom. The third-order valence-electron chi connectivity index (χ3n) is 5.01. The van der Waals surface area contributed by atoms with Crippen molar-refractivity contribution < 1.29 is 0 Å². The average Bonchev–Trinajstić information content (AvgIpc) is 2.92. The Hall–Kier alpha value is -0.330. The lowest BCUT2D eigenvalue weighted by atomic mass is 9.84. The van der Waals surface area contributed by atoms with Gasteiger partial charge in [-0.15, -0.1) is 0 Å². The molecule has 0 radical (unpaired) electrons. The Morgan fingerprint density at radius 1 is 1.14 bits per heavy atom. The minimum Gasteiger partial charge on any atom is -0.340 e. The van der Waals surface area contributed by atoms with Crippen LogP contribution >= 0.6 is 31.9 Å². The van der Waals surface area contributed by atoms with E-state index in [1.165, 1.54) is 38.9 Å². The van der Waals surface area contributed by atoms with Crippen molar-refractivity contribution in [3.05, 3.63) is 20.1 Å². The van der Waals surface area contributed by atoms with Crippen LogP contribution in [0.3, 0.4) is 0 Å². The van der Waals surface area contributed by atoms with E-state index in [1.807, 2.05) is 0 Å². The summed E-state index contributed by atoms with van der Waals surface area (Å²) in [5, 5.41) is 3.43. The number of piperazine rings is 1. The van der Waals surface area contributed by atoms with Crippen molar-refractivity contribution in [3.8, 4) is 0 Å². The van der Waals surface area contributed by atoms with E-state index < -0.39 is 0 Å². The fourth-order valence-corrected chi connectivity index (χ4v) is 5.15. The second-order valence-corrected chi connectivity index (χ2v) is 7.77. The van der Waals surface area contributed by atoms with Gasteiger partial charge in [0.2, 0.25) is 0 Å². The summed E-state index contributed by atoms with van der Waals surface area (Å²) < 4.78 is 2.48. The first-order chi connectivity index (χ1) is 10.2. The van der Waals surface area contributed by atoms with E-state index >= 15 is 0 Å². The molecule has 0 aromatic rings. The number of nitrogens with zero attached hydrogens (tertiary/aromatic N) is 3. The maximum atomic E-state index is 5.14. The first-order valence-corrected chi connectivity index (χ1v) is 9.32. The van der Waals surface area contributed by atoms with Crippen LogP contribution in [-0.2, 0) is 0 Å². The first kappa shape index (κ1) is 14.3. The molecule has 0 aromatic carbocycles. The van der Waals surface area contributed by atoms with E-state index in [4.69, 9.17) is 4.99 Å². The Balaban J connectivity index is 1.74. The maximum absolute atomic E-state index is 5.14. The van der Waals surface area contributed by atoms with Crippen molar-refractivity contribution in [2.75, 3.05) is 32.7 Å². The molecule has 21 heavy (non-hydrogen) atoms. The Kier molecular flexibility index (Phi) is 3.66. The highest BCUT2D eigenvalue weighted by Crippen LogP contribution is 2.46. The number of allylic oxidation sites excluding steroid dienone is 2. The van der Waals surface area contributed by atoms with E-state index in [1.54, 1.807) is 0 Å². The monoisotopic (exact) mass is 414 g/mol. The summed E-state index contributed by atoms with van der Waals surface area (Å²) >= 11 is 7.57. The van der Waals surface area contributed by atoms with Gasteiger partial charge in [0.15, 0.2) is 5.96 Å². The van der Waals surface area contributed by atoms with Gasteiger partial charge in [-0.05, 0) is 62.8 Å². The largest absolute Gasteiger partial charge is 0.340 e. The van der Waals surface area contributed by atoms with Crippen molar-refractivity contribution >= 4 is 37.8 Å². The zero-order valence-electron chi connectivity index (χ0n) is 12.2. The molecule has 0 saturated carbocycles. The maximum Gasteiger partial charge on any atom is 0.197 e. The Bertz CT molecular complexity index is 560. The second kappa shape index (κ2) is 5.39. The molecule has 3 aliphatic heterocycles. The molecule has 4 rings (SSSR count). The zero-order valence-corrected chi connectivity index (χ0v) is 15.4. The van der Waals surface area contributed by atoms with Crippen molar-refractivity contribution in [2.45, 2.75) is 31.8 Å². The smallest absolute Gasteiger partial charge is 0.197 e. The molecule has 4 nitrogen and oxygen atoms in total. The van der Waals surface area contributed by atoms with E-state index in [0.29, 0.717) is 12.1 Å². The summed E-state index contributed by atoms with van der Waals surface area (Å²) in [5.41, 5.74) is 2.88. The summed E-state index contributed by atoms with van der Waals surface area (Å²) in [5.74, 6) is 1.23. The molecule has 0 amide bonds. The molecule has 6 heteroatoms. The van der Waals surface area contributed by atoms with Gasteiger partial charge in [-0.1, -0.05) is 0 Å². The van der Waals surface area contributed by atoms with Gasteiger partial charge in [0.1, 0.15) is 6.04 Å². The number of rotatable bonds is 0. The van der Waals surface area contributed by atoms with E-state index in [2.05, 4.69) is 53.9 Å². The molecular formula is C15H20Br2N4. The zero-order chi connectivity index (χ0) is 14.6. The van der Waals surface area contributed by atoms with E-state index in [0.717, 1.165) is 32.7 Å². The summed E-state index contributed by atoms with van der Waals surface area (Å²) in [6.07, 6.45) is 2.41. The molecule has 2 unspecified atom stereocenters. The summed E-state index contributed by atoms with van der Waals surface area (Å²) in [4.78, 5) is 10.2. The van der Waals surface area contributed by atoms with Crippen molar-refractivity contribution in [2.24, 2.45) is 4.99 Å². The Labute approximate surface area is 142 Å². The normalized spacial score (nSPS) is 32.6. The number of guanidine groups is 1. The second-order valence-electron chi connectivity index (χ2n) is 6.19. The lowest BCUT2D eigenvalue weighted by Crippen LogP contribution is -2.54. The molecule has 3 heterocycles. The number of hydrogen-bond acceptors (Lipinski definition) is 4. The van der Waals surface area contributed by atoms with Crippen molar-refractivity contribution in [3.63, 3.8) is 0 Å². The van der Waals surface area contributed by atoms with E-state index in [9.17, 15) is 0 Å².